The van der Waals surface area contributed by atoms with Crippen molar-refractivity contribution in [2.75, 3.05) is 20.6 Å². The monoisotopic (exact) mass is 495 g/mol. The van der Waals surface area contributed by atoms with Gasteiger partial charge in [0.1, 0.15) is 11.6 Å². The summed E-state index contributed by atoms with van der Waals surface area (Å²) in [5.74, 6) is 1.65. The topological polar surface area (TPSA) is 45.5 Å². The molecule has 0 saturated carbocycles. The van der Waals surface area contributed by atoms with Crippen molar-refractivity contribution >= 4 is 41.0 Å². The van der Waals surface area contributed by atoms with Crippen LogP contribution in [-0.4, -0.2) is 41.1 Å². The molecule has 7 heteroatoms. The number of fused-ring (bicyclic) bond motifs is 1. The second-order valence-electron chi connectivity index (χ2n) is 6.61. The molecule has 3 rings (SSSR count). The first kappa shape index (κ1) is 22.1. The fourth-order valence-electron chi connectivity index (χ4n) is 3.24. The van der Waals surface area contributed by atoms with Gasteiger partial charge in [-0.1, -0.05) is 24.3 Å². The van der Waals surface area contributed by atoms with Gasteiger partial charge >= 0.3 is 0 Å². The normalized spacial score (nSPS) is 11.4. The molecule has 0 aliphatic heterocycles. The van der Waals surface area contributed by atoms with E-state index in [-0.39, 0.29) is 29.8 Å². The van der Waals surface area contributed by atoms with E-state index in [1.165, 1.54) is 17.6 Å². The van der Waals surface area contributed by atoms with E-state index in [1.807, 2.05) is 37.1 Å². The summed E-state index contributed by atoms with van der Waals surface area (Å²) in [6.45, 7) is 4.43. The predicted octanol–water partition coefficient (Wildman–Crippen LogP) is 4.20. The average Bonchev–Trinajstić information content (AvgIpc) is 2.99. The van der Waals surface area contributed by atoms with Crippen molar-refractivity contribution in [2.24, 2.45) is 4.99 Å². The molecule has 1 heterocycles. The first-order chi connectivity index (χ1) is 13.1. The second-order valence-corrected chi connectivity index (χ2v) is 6.61. The molecule has 3 aromatic rings. The minimum Gasteiger partial charge on any atom is -0.356 e. The number of imidazole rings is 1. The smallest absolute Gasteiger partial charge is 0.193 e. The maximum absolute atomic E-state index is 13.0. The molecule has 0 amide bonds. The molecule has 0 fully saturated rings. The number of aromatic nitrogens is 2. The fourth-order valence-corrected chi connectivity index (χ4v) is 3.24. The molecule has 0 spiro atoms. The zero-order valence-corrected chi connectivity index (χ0v) is 18.9. The zero-order chi connectivity index (χ0) is 19.2. The van der Waals surface area contributed by atoms with E-state index in [0.29, 0.717) is 6.54 Å². The molecule has 0 saturated heterocycles. The van der Waals surface area contributed by atoms with E-state index in [1.54, 1.807) is 19.2 Å². The lowest BCUT2D eigenvalue weighted by molar-refractivity contribution is 0.472. The molecular formula is C21H27FIN5. The third-order valence-electron chi connectivity index (χ3n) is 4.59. The number of para-hydroxylation sites is 2. The number of halogens is 2. The van der Waals surface area contributed by atoms with Gasteiger partial charge in [-0.25, -0.2) is 9.37 Å². The van der Waals surface area contributed by atoms with Crippen LogP contribution in [0.15, 0.2) is 53.5 Å². The highest BCUT2D eigenvalue weighted by atomic mass is 127. The Bertz CT molecular complexity index is 920. The van der Waals surface area contributed by atoms with Crippen LogP contribution in [0.5, 0.6) is 0 Å². The van der Waals surface area contributed by atoms with Gasteiger partial charge in [-0.05, 0) is 43.2 Å². The van der Waals surface area contributed by atoms with Gasteiger partial charge in [0.15, 0.2) is 5.96 Å². The zero-order valence-electron chi connectivity index (χ0n) is 16.5. The van der Waals surface area contributed by atoms with Gasteiger partial charge in [0.05, 0.1) is 11.0 Å². The maximum atomic E-state index is 13.0. The van der Waals surface area contributed by atoms with Crippen LogP contribution >= 0.6 is 24.0 Å². The standard InChI is InChI=1S/C21H26FN5.HI/c1-16-25-19-7-4-5-8-20(19)27(16)14-6-13-24-21(23-2)26(3)15-17-9-11-18(22)12-10-17;/h4-5,7-12H,6,13-15H2,1-3H3,(H,23,24);1H. The molecule has 1 N–H and O–H groups in total. The van der Waals surface area contributed by atoms with E-state index in [9.17, 15) is 4.39 Å². The molecule has 0 aliphatic rings. The van der Waals surface area contributed by atoms with Crippen LogP contribution < -0.4 is 5.32 Å². The first-order valence-corrected chi connectivity index (χ1v) is 9.16. The predicted molar refractivity (Wildman–Crippen MR) is 124 cm³/mol. The summed E-state index contributed by atoms with van der Waals surface area (Å²) < 4.78 is 15.3. The SMILES string of the molecule is CN=C(NCCCn1c(C)nc2ccccc21)N(C)Cc1ccc(F)cc1.I. The van der Waals surface area contributed by atoms with Crippen molar-refractivity contribution in [2.45, 2.75) is 26.4 Å². The van der Waals surface area contributed by atoms with Crippen molar-refractivity contribution < 1.29 is 4.39 Å². The van der Waals surface area contributed by atoms with Crippen LogP contribution in [0.3, 0.4) is 0 Å². The van der Waals surface area contributed by atoms with Crippen LogP contribution in [0.25, 0.3) is 11.0 Å². The van der Waals surface area contributed by atoms with Crippen LogP contribution in [0.4, 0.5) is 4.39 Å². The maximum Gasteiger partial charge on any atom is 0.193 e. The number of hydrogen-bond acceptors (Lipinski definition) is 2. The molecule has 0 aliphatic carbocycles. The number of rotatable bonds is 6. The van der Waals surface area contributed by atoms with Gasteiger partial charge in [-0.2, -0.15) is 0 Å². The molecule has 0 radical (unpaired) electrons. The Kier molecular flexibility index (Phi) is 8.22. The molecule has 150 valence electrons. The van der Waals surface area contributed by atoms with Crippen LogP contribution in [0.2, 0.25) is 0 Å². The number of guanidine groups is 1. The lowest BCUT2D eigenvalue weighted by Gasteiger charge is -2.22. The minimum atomic E-state index is -0.216. The molecule has 0 bridgehead atoms. The summed E-state index contributed by atoms with van der Waals surface area (Å²) in [6.07, 6.45) is 0.963. The van der Waals surface area contributed by atoms with Crippen molar-refractivity contribution in [1.82, 2.24) is 19.8 Å². The largest absolute Gasteiger partial charge is 0.356 e. The number of nitrogens with one attached hydrogen (secondary N) is 1. The second kappa shape index (κ2) is 10.4. The summed E-state index contributed by atoms with van der Waals surface area (Å²) >= 11 is 0. The lowest BCUT2D eigenvalue weighted by atomic mass is 10.2. The average molecular weight is 495 g/mol. The van der Waals surface area contributed by atoms with Gasteiger partial charge in [-0.15, -0.1) is 24.0 Å². The number of hydrogen-bond donors (Lipinski definition) is 1. The highest BCUT2D eigenvalue weighted by Crippen LogP contribution is 2.15. The van der Waals surface area contributed by atoms with Gasteiger partial charge in [-0.3, -0.25) is 4.99 Å². The third kappa shape index (κ3) is 5.43. The third-order valence-corrected chi connectivity index (χ3v) is 4.59. The van der Waals surface area contributed by atoms with E-state index >= 15 is 0 Å². The summed E-state index contributed by atoms with van der Waals surface area (Å²) in [5, 5.41) is 3.40. The number of nitrogens with zero attached hydrogens (tertiary/aromatic N) is 4. The van der Waals surface area contributed by atoms with E-state index < -0.39 is 0 Å². The van der Waals surface area contributed by atoms with Crippen molar-refractivity contribution in [3.05, 3.63) is 65.7 Å². The molecular weight excluding hydrogens is 468 g/mol. The van der Waals surface area contributed by atoms with E-state index in [2.05, 4.69) is 25.9 Å². The van der Waals surface area contributed by atoms with E-state index in [4.69, 9.17) is 0 Å². The highest BCUT2D eigenvalue weighted by Gasteiger charge is 2.08. The fraction of sp³-hybridized carbons (Fsp3) is 0.333. The number of benzene rings is 2. The van der Waals surface area contributed by atoms with E-state index in [0.717, 1.165) is 42.4 Å². The minimum absolute atomic E-state index is 0. The summed E-state index contributed by atoms with van der Waals surface area (Å²) in [7, 11) is 3.75. The van der Waals surface area contributed by atoms with Crippen molar-refractivity contribution in [1.29, 1.82) is 0 Å². The van der Waals surface area contributed by atoms with Gasteiger partial charge < -0.3 is 14.8 Å². The number of aliphatic imine (C=N–C) groups is 1. The molecule has 2 aromatic carbocycles. The van der Waals surface area contributed by atoms with Gasteiger partial charge in [0, 0.05) is 33.7 Å². The van der Waals surface area contributed by atoms with Crippen LogP contribution in [0, 0.1) is 12.7 Å². The Labute approximate surface area is 182 Å². The Morgan fingerprint density at radius 3 is 2.61 bits per heavy atom. The summed E-state index contributed by atoms with van der Waals surface area (Å²) in [4.78, 5) is 11.0. The van der Waals surface area contributed by atoms with Gasteiger partial charge in [0.25, 0.3) is 0 Å². The lowest BCUT2D eigenvalue weighted by Crippen LogP contribution is -2.39. The molecule has 0 unspecified atom stereocenters. The first-order valence-electron chi connectivity index (χ1n) is 9.16. The molecule has 5 nitrogen and oxygen atoms in total. The summed E-state index contributed by atoms with van der Waals surface area (Å²) in [6, 6.07) is 14.8. The Morgan fingerprint density at radius 1 is 1.18 bits per heavy atom. The highest BCUT2D eigenvalue weighted by molar-refractivity contribution is 14.0. The Balaban J connectivity index is 0.00000280. The summed E-state index contributed by atoms with van der Waals surface area (Å²) in [5.41, 5.74) is 3.26. The Morgan fingerprint density at radius 2 is 1.89 bits per heavy atom. The Hall–Kier alpha value is -2.16. The molecule has 28 heavy (non-hydrogen) atoms. The number of aryl methyl sites for hydroxylation is 2. The quantitative estimate of drug-likeness (QED) is 0.241. The molecule has 0 atom stereocenters. The van der Waals surface area contributed by atoms with Crippen LogP contribution in [-0.2, 0) is 13.1 Å². The van der Waals surface area contributed by atoms with Crippen molar-refractivity contribution in [3.8, 4) is 0 Å². The van der Waals surface area contributed by atoms with Gasteiger partial charge in [0.2, 0.25) is 0 Å². The van der Waals surface area contributed by atoms with Crippen LogP contribution in [0.1, 0.15) is 17.8 Å². The van der Waals surface area contributed by atoms with Crippen molar-refractivity contribution in [3.63, 3.8) is 0 Å². The molecule has 1 aromatic heterocycles.